The molecule has 0 spiro atoms. The molecule has 0 amide bonds. The molecule has 0 radical (unpaired) electrons. The van der Waals surface area contributed by atoms with Crippen LogP contribution in [0.2, 0.25) is 0 Å². The molecule has 1 heterocycles. The molecule has 0 unspecified atom stereocenters. The van der Waals surface area contributed by atoms with Crippen molar-refractivity contribution in [2.24, 2.45) is 0 Å². The molecule has 1 N–H and O–H groups in total. The lowest BCUT2D eigenvalue weighted by atomic mass is 10.1. The van der Waals surface area contributed by atoms with Crippen molar-refractivity contribution in [3.05, 3.63) is 48.0 Å². The smallest absolute Gasteiger partial charge is 0.142 e. The number of ether oxygens (including phenoxy) is 2. The second-order valence-corrected chi connectivity index (χ2v) is 5.13. The van der Waals surface area contributed by atoms with Crippen LogP contribution in [-0.2, 0) is 0 Å². The van der Waals surface area contributed by atoms with Crippen LogP contribution in [0.15, 0.2) is 46.9 Å². The number of fused-ring (bicyclic) bond motifs is 1. The number of allylic oxidation sites excluding steroid dienone is 1. The van der Waals surface area contributed by atoms with Gasteiger partial charge in [0.05, 0.1) is 14.2 Å². The van der Waals surface area contributed by atoms with Crippen LogP contribution in [0.1, 0.15) is 12.5 Å². The van der Waals surface area contributed by atoms with E-state index in [0.717, 1.165) is 16.5 Å². The lowest BCUT2D eigenvalue weighted by molar-refractivity contribution is 0.385. The van der Waals surface area contributed by atoms with E-state index in [0.29, 0.717) is 22.8 Å². The number of furan rings is 1. The summed E-state index contributed by atoms with van der Waals surface area (Å²) in [5.41, 5.74) is 2.36. The summed E-state index contributed by atoms with van der Waals surface area (Å²) in [5.74, 6) is 1.62. The number of hydrogen-bond acceptors (Lipinski definition) is 4. The van der Waals surface area contributed by atoms with Crippen molar-refractivity contribution in [2.45, 2.75) is 6.92 Å². The zero-order chi connectivity index (χ0) is 16.4. The van der Waals surface area contributed by atoms with Crippen LogP contribution in [0.5, 0.6) is 17.2 Å². The molecule has 23 heavy (non-hydrogen) atoms. The van der Waals surface area contributed by atoms with E-state index >= 15 is 0 Å². The van der Waals surface area contributed by atoms with Gasteiger partial charge in [-0.05, 0) is 30.7 Å². The van der Waals surface area contributed by atoms with E-state index < -0.39 is 0 Å². The largest absolute Gasteiger partial charge is 0.507 e. The molecule has 0 aliphatic rings. The monoisotopic (exact) mass is 310 g/mol. The Bertz CT molecular complexity index is 874. The van der Waals surface area contributed by atoms with E-state index in [4.69, 9.17) is 13.9 Å². The fraction of sp³-hybridized carbons (Fsp3) is 0.158. The molecule has 0 aliphatic carbocycles. The van der Waals surface area contributed by atoms with Crippen molar-refractivity contribution in [3.63, 3.8) is 0 Å². The topological polar surface area (TPSA) is 51.8 Å². The zero-order valence-corrected chi connectivity index (χ0v) is 13.3. The van der Waals surface area contributed by atoms with Gasteiger partial charge in [-0.25, -0.2) is 0 Å². The Balaban J connectivity index is 2.16. The van der Waals surface area contributed by atoms with Crippen LogP contribution in [0.3, 0.4) is 0 Å². The Hall–Kier alpha value is -2.88. The summed E-state index contributed by atoms with van der Waals surface area (Å²) in [6.07, 6.45) is 4.01. The lowest BCUT2D eigenvalue weighted by Gasteiger charge is -2.10. The Morgan fingerprint density at radius 3 is 2.57 bits per heavy atom. The summed E-state index contributed by atoms with van der Waals surface area (Å²) in [6.45, 7) is 1.98. The van der Waals surface area contributed by atoms with Gasteiger partial charge in [0.25, 0.3) is 0 Å². The van der Waals surface area contributed by atoms with Crippen LogP contribution in [-0.4, -0.2) is 19.3 Å². The third-order valence-electron chi connectivity index (χ3n) is 3.66. The molecular weight excluding hydrogens is 292 g/mol. The molecule has 0 atom stereocenters. The number of aromatic hydroxyl groups is 1. The first-order chi connectivity index (χ1) is 11.2. The van der Waals surface area contributed by atoms with Gasteiger partial charge in [-0.1, -0.05) is 18.2 Å². The maximum atomic E-state index is 10.3. The molecule has 3 aromatic rings. The molecule has 4 nitrogen and oxygen atoms in total. The van der Waals surface area contributed by atoms with Crippen molar-refractivity contribution in [3.8, 4) is 28.6 Å². The molecule has 0 saturated carbocycles. The summed E-state index contributed by atoms with van der Waals surface area (Å²) in [5, 5.41) is 11.3. The zero-order valence-electron chi connectivity index (χ0n) is 13.3. The summed E-state index contributed by atoms with van der Waals surface area (Å²) >= 11 is 0. The third-order valence-corrected chi connectivity index (χ3v) is 3.66. The van der Waals surface area contributed by atoms with Crippen LogP contribution in [0, 0.1) is 0 Å². The van der Waals surface area contributed by atoms with Crippen molar-refractivity contribution in [1.29, 1.82) is 0 Å². The summed E-state index contributed by atoms with van der Waals surface area (Å²) in [4.78, 5) is 0. The van der Waals surface area contributed by atoms with E-state index in [9.17, 15) is 5.11 Å². The first-order valence-corrected chi connectivity index (χ1v) is 7.28. The van der Waals surface area contributed by atoms with Gasteiger partial charge in [-0.15, -0.1) is 0 Å². The molecule has 118 valence electrons. The van der Waals surface area contributed by atoms with Crippen molar-refractivity contribution < 1.29 is 19.0 Å². The van der Waals surface area contributed by atoms with Crippen LogP contribution in [0.4, 0.5) is 0 Å². The van der Waals surface area contributed by atoms with Crippen molar-refractivity contribution >= 4 is 17.0 Å². The van der Waals surface area contributed by atoms with Crippen LogP contribution >= 0.6 is 0 Å². The highest BCUT2D eigenvalue weighted by Crippen LogP contribution is 2.43. The van der Waals surface area contributed by atoms with Crippen LogP contribution in [0.25, 0.3) is 28.4 Å². The highest BCUT2D eigenvalue weighted by Gasteiger charge is 2.18. The quantitative estimate of drug-likeness (QED) is 0.748. The second-order valence-electron chi connectivity index (χ2n) is 5.13. The number of benzene rings is 2. The molecule has 4 heteroatoms. The number of hydrogen-bond donors (Lipinski definition) is 1. The summed E-state index contributed by atoms with van der Waals surface area (Å²) < 4.78 is 16.4. The fourth-order valence-electron chi connectivity index (χ4n) is 2.58. The predicted octanol–water partition coefficient (Wildman–Crippen LogP) is 4.86. The Labute approximate surface area is 134 Å². The normalized spacial score (nSPS) is 11.3. The Morgan fingerprint density at radius 1 is 1.04 bits per heavy atom. The molecule has 0 saturated heterocycles. The first kappa shape index (κ1) is 15.0. The molecular formula is C19H18O4. The SMILES string of the molecule is C/C=C/c1ccc2oc(-c3c(O)cc(OC)cc3OC)cc2c1. The molecule has 3 rings (SSSR count). The summed E-state index contributed by atoms with van der Waals surface area (Å²) in [6, 6.07) is 11.1. The second kappa shape index (κ2) is 6.08. The fourth-order valence-corrected chi connectivity index (χ4v) is 2.58. The van der Waals surface area contributed by atoms with Gasteiger partial charge >= 0.3 is 0 Å². The Morgan fingerprint density at radius 2 is 1.87 bits per heavy atom. The lowest BCUT2D eigenvalue weighted by Crippen LogP contribution is -1.90. The minimum absolute atomic E-state index is 0.0499. The van der Waals surface area contributed by atoms with Gasteiger partial charge in [0.1, 0.15) is 34.2 Å². The van der Waals surface area contributed by atoms with Gasteiger partial charge < -0.3 is 19.0 Å². The highest BCUT2D eigenvalue weighted by molar-refractivity contribution is 5.87. The van der Waals surface area contributed by atoms with Gasteiger partial charge in [0.15, 0.2) is 0 Å². The average Bonchev–Trinajstić information content (AvgIpc) is 2.96. The van der Waals surface area contributed by atoms with Gasteiger partial charge in [0.2, 0.25) is 0 Å². The summed E-state index contributed by atoms with van der Waals surface area (Å²) in [7, 11) is 3.09. The first-order valence-electron chi connectivity index (χ1n) is 7.28. The maximum absolute atomic E-state index is 10.3. The van der Waals surface area contributed by atoms with Crippen LogP contribution < -0.4 is 9.47 Å². The molecule has 0 fully saturated rings. The molecule has 1 aromatic heterocycles. The van der Waals surface area contributed by atoms with Crippen molar-refractivity contribution in [1.82, 2.24) is 0 Å². The van der Waals surface area contributed by atoms with E-state index in [-0.39, 0.29) is 5.75 Å². The number of phenols is 1. The van der Waals surface area contributed by atoms with E-state index in [1.54, 1.807) is 13.2 Å². The number of methoxy groups -OCH3 is 2. The van der Waals surface area contributed by atoms with Gasteiger partial charge in [0, 0.05) is 17.5 Å². The molecule has 0 aliphatic heterocycles. The molecule has 0 bridgehead atoms. The van der Waals surface area contributed by atoms with E-state index in [2.05, 4.69) is 0 Å². The highest BCUT2D eigenvalue weighted by atomic mass is 16.5. The van der Waals surface area contributed by atoms with E-state index in [1.807, 2.05) is 43.3 Å². The number of phenolic OH excluding ortho intramolecular Hbond substituents is 1. The maximum Gasteiger partial charge on any atom is 0.142 e. The van der Waals surface area contributed by atoms with E-state index in [1.165, 1.54) is 13.2 Å². The third kappa shape index (κ3) is 2.75. The van der Waals surface area contributed by atoms with Gasteiger partial charge in [-0.3, -0.25) is 0 Å². The number of rotatable bonds is 4. The standard InChI is InChI=1S/C19H18O4/c1-4-5-12-6-7-16-13(8-12)9-18(23-16)19-15(20)10-14(21-2)11-17(19)22-3/h4-11,20H,1-3H3/b5-4+. The Kier molecular flexibility index (Phi) is 3.98. The molecule has 2 aromatic carbocycles. The minimum atomic E-state index is 0.0499. The predicted molar refractivity (Wildman–Crippen MR) is 91.1 cm³/mol. The minimum Gasteiger partial charge on any atom is -0.507 e. The average molecular weight is 310 g/mol. The van der Waals surface area contributed by atoms with Gasteiger partial charge in [-0.2, -0.15) is 0 Å². The van der Waals surface area contributed by atoms with Crippen molar-refractivity contribution in [2.75, 3.05) is 14.2 Å².